The third kappa shape index (κ3) is 6.03. The SMILES string of the molecule is NCCCN1CCOCC1.[Cl-].[Cl-]. The first-order chi connectivity index (χ1) is 4.93. The number of morpholine rings is 1. The molecule has 0 aromatic rings. The highest BCUT2D eigenvalue weighted by molar-refractivity contribution is 4.61. The number of halogens is 2. The van der Waals surface area contributed by atoms with Crippen LogP contribution in [0, 0.1) is 0 Å². The second-order valence-corrected chi connectivity index (χ2v) is 2.60. The fourth-order valence-electron chi connectivity index (χ4n) is 1.14. The molecule has 0 saturated carbocycles. The Bertz CT molecular complexity index is 89.5. The normalized spacial score (nSPS) is 17.8. The molecule has 0 aliphatic carbocycles. The van der Waals surface area contributed by atoms with Crippen molar-refractivity contribution in [3.05, 3.63) is 0 Å². The molecule has 1 aliphatic heterocycles. The van der Waals surface area contributed by atoms with Crippen molar-refractivity contribution in [2.75, 3.05) is 39.4 Å². The number of hydrogen-bond donors (Lipinski definition) is 1. The smallest absolute Gasteiger partial charge is 0.0594 e. The van der Waals surface area contributed by atoms with E-state index in [9.17, 15) is 0 Å². The van der Waals surface area contributed by atoms with E-state index in [1.54, 1.807) is 0 Å². The van der Waals surface area contributed by atoms with Gasteiger partial charge in [0.05, 0.1) is 13.2 Å². The fraction of sp³-hybridized carbons (Fsp3) is 1.00. The molecule has 1 saturated heterocycles. The van der Waals surface area contributed by atoms with Crippen molar-refractivity contribution in [3.63, 3.8) is 0 Å². The van der Waals surface area contributed by atoms with Crippen molar-refractivity contribution in [2.24, 2.45) is 5.73 Å². The van der Waals surface area contributed by atoms with Gasteiger partial charge in [0.1, 0.15) is 0 Å². The Kier molecular flexibility index (Phi) is 11.9. The van der Waals surface area contributed by atoms with Crippen molar-refractivity contribution in [3.8, 4) is 0 Å². The third-order valence-electron chi connectivity index (χ3n) is 1.78. The first-order valence-electron chi connectivity index (χ1n) is 3.93. The largest absolute Gasteiger partial charge is 1.00 e. The molecule has 0 unspecified atom stereocenters. The van der Waals surface area contributed by atoms with Gasteiger partial charge in [-0.3, -0.25) is 4.90 Å². The molecule has 1 rings (SSSR count). The van der Waals surface area contributed by atoms with E-state index in [2.05, 4.69) is 4.90 Å². The zero-order chi connectivity index (χ0) is 7.23. The lowest BCUT2D eigenvalue weighted by Crippen LogP contribution is -3.00. The number of hydrogen-bond acceptors (Lipinski definition) is 3. The minimum Gasteiger partial charge on any atom is -1.00 e. The van der Waals surface area contributed by atoms with Crippen LogP contribution < -0.4 is 30.5 Å². The Morgan fingerprint density at radius 3 is 2.25 bits per heavy atom. The standard InChI is InChI=1S/C7H16N2O.2ClH/c8-2-1-3-9-4-6-10-7-5-9;;/h1-8H2;2*1H/p-2. The Morgan fingerprint density at radius 1 is 1.17 bits per heavy atom. The van der Waals surface area contributed by atoms with E-state index in [4.69, 9.17) is 10.5 Å². The molecule has 1 heterocycles. The van der Waals surface area contributed by atoms with E-state index in [0.717, 1.165) is 45.8 Å². The summed E-state index contributed by atoms with van der Waals surface area (Å²) in [5.74, 6) is 0. The van der Waals surface area contributed by atoms with Gasteiger partial charge in [-0.25, -0.2) is 0 Å². The van der Waals surface area contributed by atoms with Crippen LogP contribution in [0.5, 0.6) is 0 Å². The van der Waals surface area contributed by atoms with Crippen molar-refractivity contribution in [2.45, 2.75) is 6.42 Å². The molecule has 0 aromatic carbocycles. The summed E-state index contributed by atoms with van der Waals surface area (Å²) in [7, 11) is 0. The zero-order valence-electron chi connectivity index (χ0n) is 7.14. The van der Waals surface area contributed by atoms with E-state index < -0.39 is 0 Å². The van der Waals surface area contributed by atoms with E-state index >= 15 is 0 Å². The molecule has 0 bridgehead atoms. The molecule has 1 aliphatic rings. The molecule has 3 nitrogen and oxygen atoms in total. The highest BCUT2D eigenvalue weighted by Crippen LogP contribution is 1.96. The van der Waals surface area contributed by atoms with Gasteiger partial charge in [-0.2, -0.15) is 0 Å². The van der Waals surface area contributed by atoms with Gasteiger partial charge in [0.2, 0.25) is 0 Å². The topological polar surface area (TPSA) is 38.5 Å². The minimum atomic E-state index is 0. The van der Waals surface area contributed by atoms with Crippen LogP contribution in [-0.2, 0) is 4.74 Å². The van der Waals surface area contributed by atoms with Gasteiger partial charge in [-0.05, 0) is 19.5 Å². The van der Waals surface area contributed by atoms with E-state index in [-0.39, 0.29) is 24.8 Å². The zero-order valence-corrected chi connectivity index (χ0v) is 8.65. The predicted octanol–water partition coefficient (Wildman–Crippen LogP) is -6.32. The molecule has 76 valence electrons. The van der Waals surface area contributed by atoms with Crippen molar-refractivity contribution in [1.29, 1.82) is 0 Å². The fourth-order valence-corrected chi connectivity index (χ4v) is 1.14. The molecule has 0 radical (unpaired) electrons. The Morgan fingerprint density at radius 2 is 1.75 bits per heavy atom. The van der Waals surface area contributed by atoms with Gasteiger partial charge in [-0.15, -0.1) is 0 Å². The van der Waals surface area contributed by atoms with Crippen LogP contribution >= 0.6 is 0 Å². The van der Waals surface area contributed by atoms with Crippen LogP contribution in [0.3, 0.4) is 0 Å². The molecule has 0 amide bonds. The molecule has 0 aromatic heterocycles. The summed E-state index contributed by atoms with van der Waals surface area (Å²) in [6, 6.07) is 0. The second-order valence-electron chi connectivity index (χ2n) is 2.60. The van der Waals surface area contributed by atoms with Gasteiger partial charge in [0.15, 0.2) is 0 Å². The lowest BCUT2D eigenvalue weighted by molar-refractivity contribution is -0.001000. The molecule has 0 atom stereocenters. The monoisotopic (exact) mass is 214 g/mol. The van der Waals surface area contributed by atoms with Gasteiger partial charge in [-0.1, -0.05) is 0 Å². The Labute approximate surface area is 86.4 Å². The summed E-state index contributed by atoms with van der Waals surface area (Å²) < 4.78 is 5.21. The van der Waals surface area contributed by atoms with Gasteiger partial charge in [0.25, 0.3) is 0 Å². The predicted molar refractivity (Wildman–Crippen MR) is 40.9 cm³/mol. The molecule has 5 heteroatoms. The van der Waals surface area contributed by atoms with Crippen LogP contribution in [0.25, 0.3) is 0 Å². The van der Waals surface area contributed by atoms with Crippen LogP contribution in [0.4, 0.5) is 0 Å². The first kappa shape index (κ1) is 15.0. The van der Waals surface area contributed by atoms with Crippen molar-refractivity contribution < 1.29 is 29.6 Å². The number of nitrogens with zero attached hydrogens (tertiary/aromatic N) is 1. The van der Waals surface area contributed by atoms with E-state index in [1.165, 1.54) is 0 Å². The highest BCUT2D eigenvalue weighted by atomic mass is 35.5. The summed E-state index contributed by atoms with van der Waals surface area (Å²) >= 11 is 0. The van der Waals surface area contributed by atoms with E-state index in [1.807, 2.05) is 0 Å². The average Bonchev–Trinajstić information content (AvgIpc) is 2.03. The molecule has 0 spiro atoms. The first-order valence-corrected chi connectivity index (χ1v) is 3.93. The second kappa shape index (κ2) is 9.55. The van der Waals surface area contributed by atoms with Gasteiger partial charge < -0.3 is 35.3 Å². The third-order valence-corrected chi connectivity index (χ3v) is 1.78. The summed E-state index contributed by atoms with van der Waals surface area (Å²) in [5.41, 5.74) is 5.39. The number of ether oxygens (including phenoxy) is 1. The summed E-state index contributed by atoms with van der Waals surface area (Å²) in [5, 5.41) is 0. The van der Waals surface area contributed by atoms with Crippen LogP contribution in [0.2, 0.25) is 0 Å². The van der Waals surface area contributed by atoms with Gasteiger partial charge >= 0.3 is 0 Å². The average molecular weight is 215 g/mol. The van der Waals surface area contributed by atoms with Crippen molar-refractivity contribution in [1.82, 2.24) is 4.90 Å². The highest BCUT2D eigenvalue weighted by Gasteiger charge is 2.07. The maximum atomic E-state index is 5.39. The lowest BCUT2D eigenvalue weighted by atomic mass is 10.3. The van der Waals surface area contributed by atoms with Crippen molar-refractivity contribution >= 4 is 0 Å². The molecule has 1 fully saturated rings. The number of rotatable bonds is 3. The number of nitrogens with two attached hydrogens (primary N) is 1. The molecule has 12 heavy (non-hydrogen) atoms. The molecule has 2 N–H and O–H groups in total. The Hall–Kier alpha value is 0.460. The van der Waals surface area contributed by atoms with Crippen LogP contribution in [0.1, 0.15) is 6.42 Å². The van der Waals surface area contributed by atoms with Gasteiger partial charge in [0, 0.05) is 13.1 Å². The summed E-state index contributed by atoms with van der Waals surface area (Å²) in [4.78, 5) is 2.40. The molecular weight excluding hydrogens is 199 g/mol. The maximum absolute atomic E-state index is 5.39. The maximum Gasteiger partial charge on any atom is 0.0594 e. The quantitative estimate of drug-likeness (QED) is 0.509. The molecular formula is C7H16Cl2N2O-2. The summed E-state index contributed by atoms with van der Waals surface area (Å²) in [6.07, 6.45) is 1.11. The summed E-state index contributed by atoms with van der Waals surface area (Å²) in [6.45, 7) is 5.90. The van der Waals surface area contributed by atoms with Crippen LogP contribution in [-0.4, -0.2) is 44.3 Å². The minimum absolute atomic E-state index is 0. The van der Waals surface area contributed by atoms with E-state index in [0.29, 0.717) is 0 Å². The Balaban J connectivity index is 0. The van der Waals surface area contributed by atoms with Crippen LogP contribution in [0.15, 0.2) is 0 Å². The lowest BCUT2D eigenvalue weighted by Gasteiger charge is -2.26.